The molecule has 2 aromatic heterocycles. The van der Waals surface area contributed by atoms with E-state index in [4.69, 9.17) is 16.3 Å². The summed E-state index contributed by atoms with van der Waals surface area (Å²) in [6.45, 7) is -0.390. The standard InChI is InChI=1S/C22H15ClN4O6S/c1-33-22(30)19-15(13-4-2-3-5-16(13)23)10-34-20(19)25-18(28)9-26-11-24-17-8-12(27(31)32)6-7-14(17)21(26)29/h2-8,10-11H,9H2,1H3,(H,25,28). The fourth-order valence-electron chi connectivity index (χ4n) is 3.33. The van der Waals surface area contributed by atoms with Gasteiger partial charge in [-0.2, -0.15) is 0 Å². The SMILES string of the molecule is COC(=O)c1c(-c2ccccc2Cl)csc1NC(=O)Cn1cnc2cc([N+](=O)[O-])ccc2c1=O. The summed E-state index contributed by atoms with van der Waals surface area (Å²) in [7, 11) is 1.23. The summed E-state index contributed by atoms with van der Waals surface area (Å²) < 4.78 is 5.96. The van der Waals surface area contributed by atoms with E-state index >= 15 is 0 Å². The predicted octanol–water partition coefficient (Wildman–Crippen LogP) is 4.11. The maximum atomic E-state index is 12.7. The Morgan fingerprint density at radius 3 is 2.71 bits per heavy atom. The van der Waals surface area contributed by atoms with Crippen molar-refractivity contribution in [1.29, 1.82) is 0 Å². The second kappa shape index (κ2) is 9.41. The third-order valence-corrected chi connectivity index (χ3v) is 6.16. The minimum Gasteiger partial charge on any atom is -0.465 e. The van der Waals surface area contributed by atoms with Gasteiger partial charge in [0.1, 0.15) is 17.1 Å². The first kappa shape index (κ1) is 23.1. The highest BCUT2D eigenvalue weighted by atomic mass is 35.5. The zero-order valence-corrected chi connectivity index (χ0v) is 19.1. The number of nitrogens with zero attached hydrogens (tertiary/aromatic N) is 3. The molecule has 1 N–H and O–H groups in total. The molecule has 0 unspecified atom stereocenters. The van der Waals surface area contributed by atoms with Gasteiger partial charge in [0.05, 0.1) is 29.3 Å². The number of rotatable bonds is 6. The Bertz CT molecular complexity index is 1510. The Balaban J connectivity index is 1.63. The molecule has 0 atom stereocenters. The molecule has 0 aliphatic rings. The molecule has 2 aromatic carbocycles. The van der Waals surface area contributed by atoms with Crippen molar-refractivity contribution in [1.82, 2.24) is 9.55 Å². The molecule has 4 aromatic rings. The maximum Gasteiger partial charge on any atom is 0.341 e. The van der Waals surface area contributed by atoms with Crippen LogP contribution in [0.4, 0.5) is 10.7 Å². The van der Waals surface area contributed by atoms with Crippen molar-refractivity contribution in [2.75, 3.05) is 12.4 Å². The Kier molecular flexibility index (Phi) is 6.39. The number of esters is 1. The highest BCUT2D eigenvalue weighted by molar-refractivity contribution is 7.15. The predicted molar refractivity (Wildman–Crippen MR) is 127 cm³/mol. The quantitative estimate of drug-likeness (QED) is 0.240. The number of benzene rings is 2. The Hall–Kier alpha value is -4.09. The molecule has 0 saturated heterocycles. The van der Waals surface area contributed by atoms with E-state index in [0.717, 1.165) is 22.2 Å². The van der Waals surface area contributed by atoms with Gasteiger partial charge in [0.2, 0.25) is 5.91 Å². The van der Waals surface area contributed by atoms with E-state index < -0.39 is 28.9 Å². The first-order valence-electron chi connectivity index (χ1n) is 9.68. The monoisotopic (exact) mass is 498 g/mol. The highest BCUT2D eigenvalue weighted by Gasteiger charge is 2.23. The molecule has 0 aliphatic heterocycles. The van der Waals surface area contributed by atoms with Gasteiger partial charge in [0.15, 0.2) is 0 Å². The number of non-ortho nitro benzene ring substituents is 1. The van der Waals surface area contributed by atoms with Crippen molar-refractivity contribution in [2.24, 2.45) is 0 Å². The molecule has 0 radical (unpaired) electrons. The molecule has 12 heteroatoms. The van der Waals surface area contributed by atoms with Crippen molar-refractivity contribution in [3.8, 4) is 11.1 Å². The van der Waals surface area contributed by atoms with Gasteiger partial charge in [-0.05, 0) is 12.1 Å². The number of ether oxygens (including phenoxy) is 1. The number of nitro benzene ring substituents is 1. The maximum absolute atomic E-state index is 12.7. The minimum atomic E-state index is -0.655. The zero-order valence-electron chi connectivity index (χ0n) is 17.5. The third kappa shape index (κ3) is 4.38. The Morgan fingerprint density at radius 2 is 2.00 bits per heavy atom. The fourth-order valence-corrected chi connectivity index (χ4v) is 4.53. The summed E-state index contributed by atoms with van der Waals surface area (Å²) in [6, 6.07) is 10.6. The smallest absolute Gasteiger partial charge is 0.341 e. The molecule has 1 amide bonds. The number of nitrogens with one attached hydrogen (secondary N) is 1. The van der Waals surface area contributed by atoms with E-state index in [9.17, 15) is 24.5 Å². The summed E-state index contributed by atoms with van der Waals surface area (Å²) in [5.41, 5.74) is 0.661. The lowest BCUT2D eigenvalue weighted by molar-refractivity contribution is -0.384. The van der Waals surface area contributed by atoms with Crippen molar-refractivity contribution in [2.45, 2.75) is 6.54 Å². The average molecular weight is 499 g/mol. The Labute approximate surface area is 200 Å². The van der Waals surface area contributed by atoms with Gasteiger partial charge >= 0.3 is 5.97 Å². The molecule has 172 valence electrons. The van der Waals surface area contributed by atoms with E-state index in [1.807, 2.05) is 0 Å². The van der Waals surface area contributed by atoms with Gasteiger partial charge in [0, 0.05) is 33.7 Å². The van der Waals surface area contributed by atoms with E-state index in [2.05, 4.69) is 10.3 Å². The molecule has 34 heavy (non-hydrogen) atoms. The number of halogens is 1. The second-order valence-corrected chi connectivity index (χ2v) is 8.30. The summed E-state index contributed by atoms with van der Waals surface area (Å²) in [5.74, 6) is -1.24. The number of hydrogen-bond donors (Lipinski definition) is 1. The van der Waals surface area contributed by atoms with Crippen LogP contribution in [0.15, 0.2) is 59.0 Å². The first-order chi connectivity index (χ1) is 16.3. The van der Waals surface area contributed by atoms with Crippen LogP contribution in [0, 0.1) is 10.1 Å². The van der Waals surface area contributed by atoms with Crippen molar-refractivity contribution in [3.63, 3.8) is 0 Å². The van der Waals surface area contributed by atoms with Gasteiger partial charge in [-0.3, -0.25) is 24.3 Å². The van der Waals surface area contributed by atoms with E-state index in [1.54, 1.807) is 29.6 Å². The lowest BCUT2D eigenvalue weighted by Gasteiger charge is -2.10. The number of amides is 1. The molecule has 2 heterocycles. The number of carbonyl (C=O) groups excluding carboxylic acids is 2. The summed E-state index contributed by atoms with van der Waals surface area (Å²) >= 11 is 7.39. The number of hydrogen-bond acceptors (Lipinski definition) is 8. The van der Waals surface area contributed by atoms with Crippen LogP contribution < -0.4 is 10.9 Å². The van der Waals surface area contributed by atoms with Crippen molar-refractivity contribution >= 4 is 56.4 Å². The van der Waals surface area contributed by atoms with E-state index in [-0.39, 0.29) is 27.2 Å². The summed E-state index contributed by atoms with van der Waals surface area (Å²) in [5, 5.41) is 16.0. The lowest BCUT2D eigenvalue weighted by Crippen LogP contribution is -2.28. The molecular formula is C22H15ClN4O6S. The van der Waals surface area contributed by atoms with Gasteiger partial charge in [0.25, 0.3) is 11.2 Å². The van der Waals surface area contributed by atoms with Gasteiger partial charge in [-0.15, -0.1) is 11.3 Å². The number of thiophene rings is 1. The number of nitro groups is 1. The van der Waals surface area contributed by atoms with Crippen LogP contribution in [0.3, 0.4) is 0 Å². The molecule has 0 fully saturated rings. The average Bonchev–Trinajstić information content (AvgIpc) is 3.23. The molecule has 0 bridgehead atoms. The van der Waals surface area contributed by atoms with Crippen LogP contribution in [0.25, 0.3) is 22.0 Å². The zero-order chi connectivity index (χ0) is 24.4. The number of anilines is 1. The molecule has 4 rings (SSSR count). The van der Waals surface area contributed by atoms with Crippen LogP contribution in [-0.2, 0) is 16.1 Å². The van der Waals surface area contributed by atoms with Crippen molar-refractivity contribution in [3.05, 3.63) is 85.2 Å². The van der Waals surface area contributed by atoms with E-state index in [0.29, 0.717) is 16.1 Å². The molecule has 10 nitrogen and oxygen atoms in total. The van der Waals surface area contributed by atoms with Crippen LogP contribution >= 0.6 is 22.9 Å². The van der Waals surface area contributed by atoms with Gasteiger partial charge < -0.3 is 10.1 Å². The van der Waals surface area contributed by atoms with Crippen LogP contribution in [0.2, 0.25) is 5.02 Å². The molecule has 0 saturated carbocycles. The van der Waals surface area contributed by atoms with E-state index in [1.165, 1.54) is 25.3 Å². The second-order valence-electron chi connectivity index (χ2n) is 7.01. The highest BCUT2D eigenvalue weighted by Crippen LogP contribution is 2.39. The van der Waals surface area contributed by atoms with Gasteiger partial charge in [-0.25, -0.2) is 9.78 Å². The number of fused-ring (bicyclic) bond motifs is 1. The molecule has 0 spiro atoms. The normalized spacial score (nSPS) is 10.8. The van der Waals surface area contributed by atoms with Crippen molar-refractivity contribution < 1.29 is 19.2 Å². The third-order valence-electron chi connectivity index (χ3n) is 4.93. The molecule has 0 aliphatic carbocycles. The summed E-state index contributed by atoms with van der Waals surface area (Å²) in [4.78, 5) is 52.3. The number of aromatic nitrogens is 2. The molecular weight excluding hydrogens is 484 g/mol. The fraction of sp³-hybridized carbons (Fsp3) is 0.0909. The van der Waals surface area contributed by atoms with Crippen LogP contribution in [0.1, 0.15) is 10.4 Å². The number of carbonyl (C=O) groups is 2. The Morgan fingerprint density at radius 1 is 1.24 bits per heavy atom. The minimum absolute atomic E-state index is 0.133. The topological polar surface area (TPSA) is 133 Å². The van der Waals surface area contributed by atoms with Crippen LogP contribution in [0.5, 0.6) is 0 Å². The van der Waals surface area contributed by atoms with Gasteiger partial charge in [-0.1, -0.05) is 29.8 Å². The number of methoxy groups -OCH3 is 1. The summed E-state index contributed by atoms with van der Waals surface area (Å²) in [6.07, 6.45) is 1.14. The lowest BCUT2D eigenvalue weighted by atomic mass is 10.0. The first-order valence-corrected chi connectivity index (χ1v) is 10.9. The van der Waals surface area contributed by atoms with Crippen LogP contribution in [-0.4, -0.2) is 33.5 Å². The largest absolute Gasteiger partial charge is 0.465 e.